The number of amides is 1. The lowest BCUT2D eigenvalue weighted by Crippen LogP contribution is -2.39. The maximum Gasteiger partial charge on any atom is 0.237 e. The van der Waals surface area contributed by atoms with Crippen molar-refractivity contribution >= 4 is 40.5 Å². The van der Waals surface area contributed by atoms with Gasteiger partial charge < -0.3 is 20.6 Å². The van der Waals surface area contributed by atoms with E-state index in [-0.39, 0.29) is 24.1 Å². The first kappa shape index (κ1) is 21.4. The first-order valence-electron chi connectivity index (χ1n) is 9.91. The Balaban J connectivity index is 1.77. The second kappa shape index (κ2) is 7.68. The Bertz CT molecular complexity index is 1010. The molecule has 2 aromatic carbocycles. The van der Waals surface area contributed by atoms with Crippen LogP contribution in [0, 0.1) is 5.82 Å². The molecule has 2 heterocycles. The molecule has 2 aromatic rings. The second-order valence-electron chi connectivity index (χ2n) is 8.39. The predicted molar refractivity (Wildman–Crippen MR) is 118 cm³/mol. The summed E-state index contributed by atoms with van der Waals surface area (Å²) < 4.78 is 14.9. The number of fused-ring (bicyclic) bond motifs is 1. The molecule has 160 valence electrons. The number of anilines is 2. The first-order chi connectivity index (χ1) is 14.2. The number of halogens is 3. The van der Waals surface area contributed by atoms with E-state index >= 15 is 0 Å². The number of nitrogens with one attached hydrogen (secondary N) is 2. The molecular formula is C22H24Cl2FN3O2. The van der Waals surface area contributed by atoms with Crippen molar-refractivity contribution in [2.24, 2.45) is 0 Å². The summed E-state index contributed by atoms with van der Waals surface area (Å²) in [5, 5.41) is 16.7. The molecule has 2 aliphatic heterocycles. The molecule has 2 aliphatic rings. The third kappa shape index (κ3) is 3.26. The van der Waals surface area contributed by atoms with Crippen LogP contribution >= 0.6 is 23.2 Å². The van der Waals surface area contributed by atoms with E-state index in [0.717, 1.165) is 16.9 Å². The lowest BCUT2D eigenvalue weighted by molar-refractivity contribution is -0.122. The molecule has 1 unspecified atom stereocenters. The van der Waals surface area contributed by atoms with E-state index in [1.807, 2.05) is 32.0 Å². The van der Waals surface area contributed by atoms with Gasteiger partial charge >= 0.3 is 0 Å². The Labute approximate surface area is 185 Å². The van der Waals surface area contributed by atoms with E-state index < -0.39 is 16.8 Å². The third-order valence-corrected chi connectivity index (χ3v) is 6.93. The number of nitrogens with zero attached hydrogens (tertiary/aromatic N) is 1. The minimum atomic E-state index is -0.778. The number of aliphatic hydroxyl groups excluding tert-OH is 1. The number of rotatable bonds is 5. The summed E-state index contributed by atoms with van der Waals surface area (Å²) in [6.07, 6.45) is 0.617. The topological polar surface area (TPSA) is 64.6 Å². The molecule has 0 bridgehead atoms. The smallest absolute Gasteiger partial charge is 0.237 e. The van der Waals surface area contributed by atoms with Crippen molar-refractivity contribution in [1.29, 1.82) is 0 Å². The minimum absolute atomic E-state index is 0.0510. The molecule has 0 spiro atoms. The van der Waals surface area contributed by atoms with Crippen LogP contribution in [0.2, 0.25) is 10.0 Å². The molecule has 4 rings (SSSR count). The van der Waals surface area contributed by atoms with Gasteiger partial charge in [0.25, 0.3) is 0 Å². The Morgan fingerprint density at radius 3 is 2.70 bits per heavy atom. The highest BCUT2D eigenvalue weighted by molar-refractivity contribution is 6.42. The standard InChI is InChI=1S/C22H24Cl2FN3O2/c1-21(2)14-4-3-13(11-17(14)28(9-10-29)20(21)30)27-22(7-8-26-12-22)18-16(25)6-5-15(23)19(18)24/h3-6,11,26-27,29H,7-10,12H2,1-2H3. The molecule has 1 amide bonds. The van der Waals surface area contributed by atoms with Crippen LogP contribution in [-0.4, -0.2) is 37.3 Å². The molecule has 0 saturated carbocycles. The van der Waals surface area contributed by atoms with Gasteiger partial charge in [0.2, 0.25) is 5.91 Å². The SMILES string of the molecule is CC1(C)C(=O)N(CCO)c2cc(NC3(c4c(F)ccc(Cl)c4Cl)CCNC3)ccc21. The largest absolute Gasteiger partial charge is 0.395 e. The quantitative estimate of drug-likeness (QED) is 0.599. The molecule has 1 fully saturated rings. The minimum Gasteiger partial charge on any atom is -0.395 e. The molecule has 0 aromatic heterocycles. The third-order valence-electron chi connectivity index (χ3n) is 6.13. The number of β-amino-alcohol motifs (C(OH)–C–C–N with tert-alkyl or cyclic N) is 1. The van der Waals surface area contributed by atoms with Crippen molar-refractivity contribution in [3.63, 3.8) is 0 Å². The molecule has 3 N–H and O–H groups in total. The summed E-state index contributed by atoms with van der Waals surface area (Å²) in [5.41, 5.74) is 1.28. The molecule has 1 saturated heterocycles. The zero-order chi connectivity index (χ0) is 21.7. The summed E-state index contributed by atoms with van der Waals surface area (Å²) in [6, 6.07) is 8.48. The van der Waals surface area contributed by atoms with Gasteiger partial charge in [-0.25, -0.2) is 4.39 Å². The summed E-state index contributed by atoms with van der Waals surface area (Å²) >= 11 is 12.6. The lowest BCUT2D eigenvalue weighted by atomic mass is 9.85. The molecule has 8 heteroatoms. The van der Waals surface area contributed by atoms with E-state index in [2.05, 4.69) is 10.6 Å². The highest BCUT2D eigenvalue weighted by Crippen LogP contribution is 2.45. The van der Waals surface area contributed by atoms with Gasteiger partial charge in [-0.3, -0.25) is 4.79 Å². The van der Waals surface area contributed by atoms with Crippen molar-refractivity contribution in [2.75, 3.05) is 36.5 Å². The molecule has 5 nitrogen and oxygen atoms in total. The highest BCUT2D eigenvalue weighted by Gasteiger charge is 2.44. The summed E-state index contributed by atoms with van der Waals surface area (Å²) in [7, 11) is 0. The van der Waals surface area contributed by atoms with Gasteiger partial charge in [-0.15, -0.1) is 0 Å². The van der Waals surface area contributed by atoms with Crippen molar-refractivity contribution < 1.29 is 14.3 Å². The van der Waals surface area contributed by atoms with Crippen LogP contribution in [0.1, 0.15) is 31.4 Å². The van der Waals surface area contributed by atoms with Crippen LogP contribution in [-0.2, 0) is 15.7 Å². The average molecular weight is 452 g/mol. The normalized spacial score (nSPS) is 22.5. The fourth-order valence-corrected chi connectivity index (χ4v) is 5.05. The molecule has 0 aliphatic carbocycles. The fraction of sp³-hybridized carbons (Fsp3) is 0.409. The number of hydrogen-bond donors (Lipinski definition) is 3. The van der Waals surface area contributed by atoms with Crippen molar-refractivity contribution in [3.8, 4) is 0 Å². The predicted octanol–water partition coefficient (Wildman–Crippen LogP) is 4.05. The summed E-state index contributed by atoms with van der Waals surface area (Å²) in [4.78, 5) is 14.4. The number of aliphatic hydroxyl groups is 1. The van der Waals surface area contributed by atoms with Gasteiger partial charge in [-0.2, -0.15) is 0 Å². The lowest BCUT2D eigenvalue weighted by Gasteiger charge is -2.33. The van der Waals surface area contributed by atoms with E-state index in [9.17, 15) is 14.3 Å². The second-order valence-corrected chi connectivity index (χ2v) is 9.17. The number of carbonyl (C=O) groups is 1. The van der Waals surface area contributed by atoms with Gasteiger partial charge in [0, 0.05) is 24.3 Å². The Morgan fingerprint density at radius 1 is 1.27 bits per heavy atom. The summed E-state index contributed by atoms with van der Waals surface area (Å²) in [6.45, 7) is 5.02. The Hall–Kier alpha value is -1.86. The first-order valence-corrected chi connectivity index (χ1v) is 10.7. The van der Waals surface area contributed by atoms with Crippen LogP contribution in [0.15, 0.2) is 30.3 Å². The fourth-order valence-electron chi connectivity index (χ4n) is 4.56. The van der Waals surface area contributed by atoms with Gasteiger partial charge in [0.15, 0.2) is 0 Å². The van der Waals surface area contributed by atoms with Crippen molar-refractivity contribution in [1.82, 2.24) is 5.32 Å². The van der Waals surface area contributed by atoms with Crippen LogP contribution in [0.5, 0.6) is 0 Å². The monoisotopic (exact) mass is 451 g/mol. The zero-order valence-corrected chi connectivity index (χ0v) is 18.4. The van der Waals surface area contributed by atoms with Crippen molar-refractivity contribution in [2.45, 2.75) is 31.2 Å². The maximum atomic E-state index is 14.9. The van der Waals surface area contributed by atoms with Gasteiger partial charge in [-0.05, 0) is 56.6 Å². The van der Waals surface area contributed by atoms with E-state index in [1.165, 1.54) is 12.1 Å². The van der Waals surface area contributed by atoms with Gasteiger partial charge in [0.05, 0.1) is 33.3 Å². The number of benzene rings is 2. The number of carbonyl (C=O) groups excluding carboxylic acids is 1. The van der Waals surface area contributed by atoms with Crippen LogP contribution in [0.25, 0.3) is 0 Å². The molecule has 1 atom stereocenters. The summed E-state index contributed by atoms with van der Waals surface area (Å²) in [5.74, 6) is -0.468. The Morgan fingerprint density at radius 2 is 2.03 bits per heavy atom. The Kier molecular flexibility index (Phi) is 5.47. The van der Waals surface area contributed by atoms with E-state index in [1.54, 1.807) is 4.90 Å². The van der Waals surface area contributed by atoms with Gasteiger partial charge in [-0.1, -0.05) is 29.3 Å². The van der Waals surface area contributed by atoms with Gasteiger partial charge in [0.1, 0.15) is 5.82 Å². The molecule has 30 heavy (non-hydrogen) atoms. The highest BCUT2D eigenvalue weighted by atomic mass is 35.5. The number of hydrogen-bond acceptors (Lipinski definition) is 4. The average Bonchev–Trinajstić information content (AvgIpc) is 3.23. The van der Waals surface area contributed by atoms with Crippen LogP contribution in [0.3, 0.4) is 0 Å². The molecular weight excluding hydrogens is 428 g/mol. The van der Waals surface area contributed by atoms with Crippen LogP contribution in [0.4, 0.5) is 15.8 Å². The maximum absolute atomic E-state index is 14.9. The van der Waals surface area contributed by atoms with Crippen LogP contribution < -0.4 is 15.5 Å². The molecule has 0 radical (unpaired) electrons. The zero-order valence-electron chi connectivity index (χ0n) is 16.9. The van der Waals surface area contributed by atoms with Crippen molar-refractivity contribution in [3.05, 3.63) is 57.3 Å². The van der Waals surface area contributed by atoms with E-state index in [0.29, 0.717) is 30.1 Å². The van der Waals surface area contributed by atoms with E-state index in [4.69, 9.17) is 23.2 Å².